The lowest BCUT2D eigenvalue weighted by Gasteiger charge is -2.23. The molecule has 0 aromatic rings. The van der Waals surface area contributed by atoms with Crippen molar-refractivity contribution in [3.05, 3.63) is 0 Å². The summed E-state index contributed by atoms with van der Waals surface area (Å²) in [4.78, 5) is 44.4. The summed E-state index contributed by atoms with van der Waals surface area (Å²) in [7, 11) is 0. The number of carbonyl (C=O) groups excluding carboxylic acids is 2. The van der Waals surface area contributed by atoms with E-state index in [2.05, 4.69) is 10.6 Å². The first kappa shape index (κ1) is 18.8. The summed E-state index contributed by atoms with van der Waals surface area (Å²) in [6.07, 6.45) is -0.777. The van der Waals surface area contributed by atoms with Gasteiger partial charge in [0, 0.05) is 6.54 Å². The molecule has 0 rings (SSSR count). The second-order valence-electron chi connectivity index (χ2n) is 4.87. The van der Waals surface area contributed by atoms with Gasteiger partial charge in [-0.1, -0.05) is 13.8 Å². The summed E-state index contributed by atoms with van der Waals surface area (Å²) in [5.74, 6) is -3.82. The van der Waals surface area contributed by atoms with Crippen molar-refractivity contribution in [3.63, 3.8) is 0 Å². The first-order valence-corrected chi connectivity index (χ1v) is 6.42. The molecule has 0 aromatic heterocycles. The third-order valence-corrected chi connectivity index (χ3v) is 2.62. The molecule has 0 aliphatic carbocycles. The van der Waals surface area contributed by atoms with Crippen LogP contribution in [0.15, 0.2) is 0 Å². The number of nitrogens with one attached hydrogen (secondary N) is 2. The van der Waals surface area contributed by atoms with E-state index in [1.807, 2.05) is 0 Å². The van der Waals surface area contributed by atoms with E-state index in [4.69, 9.17) is 15.9 Å². The van der Waals surface area contributed by atoms with Crippen LogP contribution in [0.2, 0.25) is 0 Å². The molecule has 0 heterocycles. The minimum atomic E-state index is -1.25. The molecule has 0 aliphatic rings. The van der Waals surface area contributed by atoms with Gasteiger partial charge in [0.2, 0.25) is 11.8 Å². The van der Waals surface area contributed by atoms with Gasteiger partial charge in [0.25, 0.3) is 0 Å². The average molecular weight is 303 g/mol. The maximum absolute atomic E-state index is 11.9. The topological polar surface area (TPSA) is 159 Å². The summed E-state index contributed by atoms with van der Waals surface area (Å²) in [5.41, 5.74) is 5.40. The second-order valence-corrected chi connectivity index (χ2v) is 4.87. The van der Waals surface area contributed by atoms with E-state index >= 15 is 0 Å². The van der Waals surface area contributed by atoms with Crippen molar-refractivity contribution in [1.82, 2.24) is 10.6 Å². The Bertz CT molecular complexity index is 410. The van der Waals surface area contributed by atoms with Crippen molar-refractivity contribution in [2.75, 3.05) is 6.54 Å². The summed E-state index contributed by atoms with van der Waals surface area (Å²) in [6, 6.07) is -2.17. The van der Waals surface area contributed by atoms with Crippen LogP contribution in [-0.2, 0) is 19.2 Å². The molecule has 120 valence electrons. The predicted molar refractivity (Wildman–Crippen MR) is 72.3 cm³/mol. The quantitative estimate of drug-likeness (QED) is 0.347. The van der Waals surface area contributed by atoms with Gasteiger partial charge in [0.05, 0.1) is 18.9 Å². The summed E-state index contributed by atoms with van der Waals surface area (Å²) in [5, 5.41) is 21.8. The van der Waals surface area contributed by atoms with Crippen LogP contribution in [0.25, 0.3) is 0 Å². The van der Waals surface area contributed by atoms with Crippen LogP contribution < -0.4 is 16.4 Å². The van der Waals surface area contributed by atoms with Crippen LogP contribution in [0.1, 0.15) is 26.7 Å². The van der Waals surface area contributed by atoms with Crippen molar-refractivity contribution in [3.8, 4) is 0 Å². The lowest BCUT2D eigenvalue weighted by atomic mass is 10.0. The van der Waals surface area contributed by atoms with E-state index in [9.17, 15) is 19.2 Å². The third kappa shape index (κ3) is 7.88. The maximum atomic E-state index is 11.9. The van der Waals surface area contributed by atoms with Gasteiger partial charge < -0.3 is 26.6 Å². The molecule has 0 radical (unpaired) electrons. The van der Waals surface area contributed by atoms with E-state index in [0.29, 0.717) is 0 Å². The van der Waals surface area contributed by atoms with Crippen LogP contribution in [0.5, 0.6) is 0 Å². The zero-order valence-corrected chi connectivity index (χ0v) is 12.0. The smallest absolute Gasteiger partial charge is 0.305 e. The number of amides is 2. The zero-order valence-electron chi connectivity index (χ0n) is 12.0. The average Bonchev–Trinajstić information content (AvgIpc) is 2.33. The van der Waals surface area contributed by atoms with Gasteiger partial charge >= 0.3 is 11.9 Å². The molecule has 0 saturated carbocycles. The molecule has 0 bridgehead atoms. The lowest BCUT2D eigenvalue weighted by Crippen LogP contribution is -2.54. The van der Waals surface area contributed by atoms with E-state index in [1.54, 1.807) is 13.8 Å². The highest BCUT2D eigenvalue weighted by Gasteiger charge is 2.27. The van der Waals surface area contributed by atoms with Gasteiger partial charge in [-0.05, 0) is 5.92 Å². The molecule has 9 nitrogen and oxygen atoms in total. The molecule has 6 N–H and O–H groups in total. The van der Waals surface area contributed by atoms with E-state index in [-0.39, 0.29) is 18.9 Å². The molecule has 2 atom stereocenters. The molecule has 0 fully saturated rings. The van der Waals surface area contributed by atoms with Crippen LogP contribution in [0, 0.1) is 5.92 Å². The Labute approximate surface area is 121 Å². The molecule has 0 unspecified atom stereocenters. The molecule has 0 aromatic carbocycles. The largest absolute Gasteiger partial charge is 0.481 e. The molecule has 0 saturated heterocycles. The first-order chi connectivity index (χ1) is 9.65. The number of rotatable bonds is 9. The Morgan fingerprint density at radius 3 is 2.05 bits per heavy atom. The normalized spacial score (nSPS) is 13.3. The van der Waals surface area contributed by atoms with Gasteiger partial charge in [-0.25, -0.2) is 0 Å². The van der Waals surface area contributed by atoms with Crippen molar-refractivity contribution in [1.29, 1.82) is 0 Å². The van der Waals surface area contributed by atoms with Crippen LogP contribution in [0.4, 0.5) is 0 Å². The summed E-state index contributed by atoms with van der Waals surface area (Å²) < 4.78 is 0. The Hall–Kier alpha value is -2.16. The first-order valence-electron chi connectivity index (χ1n) is 6.42. The van der Waals surface area contributed by atoms with Crippen molar-refractivity contribution < 1.29 is 29.4 Å². The van der Waals surface area contributed by atoms with Gasteiger partial charge in [-0.2, -0.15) is 0 Å². The van der Waals surface area contributed by atoms with E-state index in [0.717, 1.165) is 0 Å². The van der Waals surface area contributed by atoms with Gasteiger partial charge in [0.1, 0.15) is 6.04 Å². The van der Waals surface area contributed by atoms with Crippen LogP contribution >= 0.6 is 0 Å². The van der Waals surface area contributed by atoms with Crippen molar-refractivity contribution in [2.24, 2.45) is 11.7 Å². The molecule has 9 heteroatoms. The number of carboxylic acids is 2. The number of nitrogens with two attached hydrogens (primary N) is 1. The Balaban J connectivity index is 4.54. The fourth-order valence-electron chi connectivity index (χ4n) is 1.48. The number of carboxylic acid groups (broad SMARTS) is 2. The number of carbonyl (C=O) groups is 4. The lowest BCUT2D eigenvalue weighted by molar-refractivity contribution is -0.139. The SMILES string of the molecule is CC(C)[C@H](NC(=O)[C@@H](N)CC(=O)O)C(=O)NCCC(=O)O. The van der Waals surface area contributed by atoms with Crippen LogP contribution in [0.3, 0.4) is 0 Å². The number of hydrogen-bond donors (Lipinski definition) is 5. The minimum absolute atomic E-state index is 0.0611. The fourth-order valence-corrected chi connectivity index (χ4v) is 1.48. The summed E-state index contributed by atoms with van der Waals surface area (Å²) in [6.45, 7) is 3.31. The van der Waals surface area contributed by atoms with Gasteiger partial charge in [-0.3, -0.25) is 19.2 Å². The highest BCUT2D eigenvalue weighted by molar-refractivity contribution is 5.91. The highest BCUT2D eigenvalue weighted by Crippen LogP contribution is 2.03. The molecule has 2 amide bonds. The van der Waals surface area contributed by atoms with E-state index in [1.165, 1.54) is 0 Å². The zero-order chi connectivity index (χ0) is 16.6. The highest BCUT2D eigenvalue weighted by atomic mass is 16.4. The van der Waals surface area contributed by atoms with Gasteiger partial charge in [0.15, 0.2) is 0 Å². The van der Waals surface area contributed by atoms with E-state index < -0.39 is 42.3 Å². The standard InChI is InChI=1S/C12H21N3O6/c1-6(2)10(12(21)14-4-3-8(16)17)15-11(20)7(13)5-9(18)19/h6-7,10H,3-5,13H2,1-2H3,(H,14,21)(H,15,20)(H,16,17)(H,18,19)/t7-,10-/m0/s1. The summed E-state index contributed by atoms with van der Waals surface area (Å²) >= 11 is 0. The third-order valence-electron chi connectivity index (χ3n) is 2.62. The minimum Gasteiger partial charge on any atom is -0.481 e. The Morgan fingerprint density at radius 2 is 1.62 bits per heavy atom. The van der Waals surface area contributed by atoms with Crippen molar-refractivity contribution in [2.45, 2.75) is 38.8 Å². The van der Waals surface area contributed by atoms with Crippen LogP contribution in [-0.4, -0.2) is 52.6 Å². The molecule has 0 spiro atoms. The monoisotopic (exact) mass is 303 g/mol. The Kier molecular flexibility index (Phi) is 7.99. The van der Waals surface area contributed by atoms with Crippen molar-refractivity contribution >= 4 is 23.8 Å². The maximum Gasteiger partial charge on any atom is 0.305 e. The molecule has 21 heavy (non-hydrogen) atoms. The second kappa shape index (κ2) is 8.90. The molecule has 0 aliphatic heterocycles. The predicted octanol–water partition coefficient (Wildman–Crippen LogP) is -1.48. The Morgan fingerprint density at radius 1 is 1.05 bits per heavy atom. The fraction of sp³-hybridized carbons (Fsp3) is 0.667. The van der Waals surface area contributed by atoms with Gasteiger partial charge in [-0.15, -0.1) is 0 Å². The molecular weight excluding hydrogens is 282 g/mol. The molecular formula is C12H21N3O6. The number of hydrogen-bond acceptors (Lipinski definition) is 5. The number of aliphatic carboxylic acids is 2.